The van der Waals surface area contributed by atoms with Crippen molar-refractivity contribution in [3.8, 4) is 55.9 Å². The second-order valence-corrected chi connectivity index (χ2v) is 20.6. The van der Waals surface area contributed by atoms with Gasteiger partial charge < -0.3 is 35.5 Å². The van der Waals surface area contributed by atoms with Crippen molar-refractivity contribution in [1.82, 2.24) is 29.5 Å². The van der Waals surface area contributed by atoms with E-state index >= 15 is 0 Å². The molecule has 9 rings (SSSR count). The molecule has 17 heteroatoms. The number of aliphatic hydroxyl groups is 2. The lowest BCUT2D eigenvalue weighted by Crippen LogP contribution is -2.28. The number of nitrogen functional groups attached to an aromatic ring is 2. The standard InChI is InChI=1S/C44H44N8O5S4/c1-57-17-4-18-60(55)43-39(45)38-34(21-36(49-41(38)58-43)31-23-48-52(25-31)14-16-54)29-6-2-5-28(19-29)26-9-11-27(12-10-26)33-20-35(30-22-47-51(24-30)13-15-53)50-42-37(33)40(46)44(59-42)61(56)32-7-3-8-32/h2,5-6,9-12,19-25,32,53-54H,3-4,7-8,13-18,45-46H2,1H3. The van der Waals surface area contributed by atoms with Crippen molar-refractivity contribution in [2.24, 2.45) is 0 Å². The predicted molar refractivity (Wildman–Crippen MR) is 246 cm³/mol. The number of hydrogen-bond donors (Lipinski definition) is 4. The van der Waals surface area contributed by atoms with Gasteiger partial charge in [-0.15, -0.1) is 0 Å². The molecule has 6 aromatic heterocycles. The number of aliphatic hydroxyl groups excluding tert-OH is 2. The molecule has 8 aromatic rings. The van der Waals surface area contributed by atoms with Gasteiger partial charge in [0.25, 0.3) is 0 Å². The predicted octanol–water partition coefficient (Wildman–Crippen LogP) is 7.59. The highest BCUT2D eigenvalue weighted by Crippen LogP contribution is 2.47. The number of benzene rings is 2. The summed E-state index contributed by atoms with van der Waals surface area (Å²) in [5.41, 5.74) is 23.3. The number of rotatable bonds is 16. The van der Waals surface area contributed by atoms with Gasteiger partial charge in [0.05, 0.1) is 56.7 Å². The lowest BCUT2D eigenvalue weighted by molar-refractivity contribution is 0.199. The Bertz CT molecular complexity index is 2830. The Kier molecular flexibility index (Phi) is 12.2. The van der Waals surface area contributed by atoms with Crippen LogP contribution < -0.4 is 11.5 Å². The summed E-state index contributed by atoms with van der Waals surface area (Å²) in [6.45, 7) is 1.17. The van der Waals surface area contributed by atoms with Crippen LogP contribution in [-0.4, -0.2) is 86.8 Å². The largest absolute Gasteiger partial charge is 0.611 e. The number of nitrogens with two attached hydrogens (primary N) is 2. The van der Waals surface area contributed by atoms with Crippen molar-refractivity contribution in [3.63, 3.8) is 0 Å². The minimum absolute atomic E-state index is 0.0286. The second-order valence-electron chi connectivity index (χ2n) is 14.9. The van der Waals surface area contributed by atoms with Crippen molar-refractivity contribution >= 4 is 76.8 Å². The maximum Gasteiger partial charge on any atom is 0.232 e. The first-order chi connectivity index (χ1) is 29.7. The van der Waals surface area contributed by atoms with E-state index in [1.807, 2.05) is 36.7 Å². The van der Waals surface area contributed by atoms with Gasteiger partial charge in [0.1, 0.15) is 32.0 Å². The summed E-state index contributed by atoms with van der Waals surface area (Å²) in [4.78, 5) is 11.4. The molecular weight excluding hydrogens is 849 g/mol. The van der Waals surface area contributed by atoms with Crippen molar-refractivity contribution in [2.75, 3.05) is 44.2 Å². The smallest absolute Gasteiger partial charge is 0.232 e. The molecule has 6 N–H and O–H groups in total. The Balaban J connectivity index is 1.11. The van der Waals surface area contributed by atoms with Crippen LogP contribution in [0.4, 0.5) is 11.4 Å². The fraction of sp³-hybridized carbons (Fsp3) is 0.273. The number of aromatic nitrogens is 6. The zero-order valence-corrected chi connectivity index (χ0v) is 36.6. The molecule has 0 aliphatic heterocycles. The van der Waals surface area contributed by atoms with Crippen LogP contribution in [0.15, 0.2) is 93.9 Å². The quantitative estimate of drug-likeness (QED) is 0.0549. The van der Waals surface area contributed by atoms with Gasteiger partial charge in [-0.2, -0.15) is 10.2 Å². The summed E-state index contributed by atoms with van der Waals surface area (Å²) in [6, 6.07) is 20.6. The summed E-state index contributed by atoms with van der Waals surface area (Å²) in [5, 5.41) is 29.5. The first-order valence-corrected chi connectivity index (χ1v) is 24.1. The van der Waals surface area contributed by atoms with E-state index in [9.17, 15) is 19.3 Å². The normalized spacial score (nSPS) is 14.2. The molecule has 13 nitrogen and oxygen atoms in total. The molecule has 1 saturated carbocycles. The average Bonchev–Trinajstić information content (AvgIpc) is 4.06. The summed E-state index contributed by atoms with van der Waals surface area (Å²) >= 11 is 0.213. The Hall–Kier alpha value is -4.82. The zero-order valence-electron chi connectivity index (χ0n) is 33.3. The van der Waals surface area contributed by atoms with Gasteiger partial charge in [0.2, 0.25) is 8.42 Å². The molecule has 0 radical (unpaired) electrons. The minimum atomic E-state index is -1.33. The fourth-order valence-electron chi connectivity index (χ4n) is 7.58. The molecule has 0 saturated heterocycles. The van der Waals surface area contributed by atoms with E-state index in [1.165, 1.54) is 22.7 Å². The van der Waals surface area contributed by atoms with Gasteiger partial charge in [-0.3, -0.25) is 9.36 Å². The van der Waals surface area contributed by atoms with Crippen LogP contribution in [0.25, 0.3) is 76.3 Å². The van der Waals surface area contributed by atoms with Gasteiger partial charge in [-0.25, -0.2) is 9.97 Å². The fourth-order valence-corrected chi connectivity index (χ4v) is 13.4. The molecule has 2 atom stereocenters. The highest BCUT2D eigenvalue weighted by atomic mass is 32.2. The zero-order chi connectivity index (χ0) is 42.2. The van der Waals surface area contributed by atoms with Crippen molar-refractivity contribution < 1.29 is 24.1 Å². The maximum absolute atomic E-state index is 13.7. The summed E-state index contributed by atoms with van der Waals surface area (Å²) in [6.07, 6.45) is 10.8. The Morgan fingerprint density at radius 1 is 0.738 bits per heavy atom. The van der Waals surface area contributed by atoms with Crippen LogP contribution in [0.1, 0.15) is 25.7 Å². The molecule has 0 spiro atoms. The highest BCUT2D eigenvalue weighted by Gasteiger charge is 2.35. The summed E-state index contributed by atoms with van der Waals surface area (Å²) in [5.74, 6) is 0.425. The maximum atomic E-state index is 13.7. The van der Waals surface area contributed by atoms with Crippen LogP contribution >= 0.6 is 22.7 Å². The van der Waals surface area contributed by atoms with Crippen LogP contribution in [0.3, 0.4) is 0 Å². The molecule has 1 aliphatic rings. The van der Waals surface area contributed by atoms with E-state index in [4.69, 9.17) is 26.2 Å². The molecule has 61 heavy (non-hydrogen) atoms. The first-order valence-electron chi connectivity index (χ1n) is 20.0. The SMILES string of the molecule is COCCC[S+]([O-])c1sc2nc(-c3cnn(CCO)c3)cc(-c3cccc(-c4ccc(-c5cc(-c6cnn(CCO)c6)nc6sc([S+]([O-])C7CCC7)c(N)c56)cc4)c3)c2c1N. The molecule has 2 aromatic carbocycles. The number of nitrogens with zero attached hydrogens (tertiary/aromatic N) is 6. The summed E-state index contributed by atoms with van der Waals surface area (Å²) in [7, 11) is 1.63. The average molecular weight is 893 g/mol. The van der Waals surface area contributed by atoms with Crippen molar-refractivity contribution in [2.45, 2.75) is 52.4 Å². The number of methoxy groups -OCH3 is 1. The third kappa shape index (κ3) is 8.17. The van der Waals surface area contributed by atoms with Crippen molar-refractivity contribution in [3.05, 3.63) is 85.5 Å². The van der Waals surface area contributed by atoms with Crippen LogP contribution in [-0.2, 0) is 40.2 Å². The van der Waals surface area contributed by atoms with Crippen LogP contribution in [0.5, 0.6) is 0 Å². The van der Waals surface area contributed by atoms with Crippen LogP contribution in [0.2, 0.25) is 0 Å². The molecule has 2 unspecified atom stereocenters. The van der Waals surface area contributed by atoms with E-state index in [1.54, 1.807) is 28.9 Å². The Morgan fingerprint density at radius 3 is 1.87 bits per heavy atom. The van der Waals surface area contributed by atoms with E-state index in [-0.39, 0.29) is 18.5 Å². The molecule has 0 amide bonds. The Labute approximate surface area is 366 Å². The lowest BCUT2D eigenvalue weighted by Gasteiger charge is -2.27. The van der Waals surface area contributed by atoms with Gasteiger partial charge in [-0.1, -0.05) is 65.1 Å². The van der Waals surface area contributed by atoms with E-state index < -0.39 is 22.4 Å². The number of thiophene rings is 2. The number of pyridine rings is 2. The van der Waals surface area contributed by atoms with Crippen LogP contribution in [0, 0.1) is 0 Å². The number of anilines is 2. The Morgan fingerprint density at radius 2 is 1.30 bits per heavy atom. The lowest BCUT2D eigenvalue weighted by atomic mass is 9.95. The molecular formula is C44H44N8O5S4. The highest BCUT2D eigenvalue weighted by molar-refractivity contribution is 7.94. The third-order valence-corrected chi connectivity index (χ3v) is 17.3. The number of ether oxygens (including phenoxy) is 1. The minimum Gasteiger partial charge on any atom is -0.611 e. The number of hydrogen-bond acceptors (Lipinski definition) is 13. The number of fused-ring (bicyclic) bond motifs is 2. The van der Waals surface area contributed by atoms with Gasteiger partial charge in [0.15, 0.2) is 0 Å². The van der Waals surface area contributed by atoms with Crippen molar-refractivity contribution in [1.29, 1.82) is 0 Å². The molecule has 6 heterocycles. The second kappa shape index (κ2) is 17.9. The third-order valence-electron chi connectivity index (χ3n) is 11.0. The van der Waals surface area contributed by atoms with Gasteiger partial charge >= 0.3 is 0 Å². The molecule has 314 valence electrons. The first kappa shape index (κ1) is 41.5. The monoisotopic (exact) mass is 892 g/mol. The molecule has 1 aliphatic carbocycles. The molecule has 1 fully saturated rings. The van der Waals surface area contributed by atoms with E-state index in [2.05, 4.69) is 46.6 Å². The van der Waals surface area contributed by atoms with Gasteiger partial charge in [-0.05, 0) is 82.0 Å². The van der Waals surface area contributed by atoms with Gasteiger partial charge in [0, 0.05) is 59.0 Å². The summed E-state index contributed by atoms with van der Waals surface area (Å²) < 4.78 is 37.0. The van der Waals surface area contributed by atoms with E-state index in [0.717, 1.165) is 79.4 Å². The molecule has 0 bridgehead atoms. The topological polar surface area (TPSA) is 209 Å². The van der Waals surface area contributed by atoms with E-state index in [0.29, 0.717) is 67.9 Å².